The van der Waals surface area contributed by atoms with Crippen molar-refractivity contribution in [2.45, 2.75) is 31.8 Å². The topological polar surface area (TPSA) is 46.6 Å². The first-order valence-corrected chi connectivity index (χ1v) is 11.2. The predicted molar refractivity (Wildman–Crippen MR) is 126 cm³/mol. The summed E-state index contributed by atoms with van der Waals surface area (Å²) in [5.41, 5.74) is 5.53. The van der Waals surface area contributed by atoms with Gasteiger partial charge < -0.3 is 9.64 Å². The fraction of sp³-hybridized carbons (Fsp3) is 0.286. The molecule has 0 saturated heterocycles. The largest absolute Gasteiger partial charge is 0.366 e. The first-order valence-electron chi connectivity index (χ1n) is 11.2. The Hall–Kier alpha value is -3.24. The van der Waals surface area contributed by atoms with E-state index in [0.29, 0.717) is 30.7 Å². The van der Waals surface area contributed by atoms with Crippen LogP contribution in [0.3, 0.4) is 0 Å². The minimum Gasteiger partial charge on any atom is -0.366 e. The molecule has 1 aliphatic rings. The van der Waals surface area contributed by atoms with E-state index in [0.717, 1.165) is 19.1 Å². The summed E-state index contributed by atoms with van der Waals surface area (Å²) in [4.78, 5) is 25.7. The molecule has 0 aliphatic heterocycles. The van der Waals surface area contributed by atoms with Crippen LogP contribution in [0.15, 0.2) is 72.8 Å². The van der Waals surface area contributed by atoms with Crippen molar-refractivity contribution < 1.29 is 14.3 Å². The number of carbonyl (C=O) groups is 2. The molecule has 4 heteroatoms. The van der Waals surface area contributed by atoms with Crippen molar-refractivity contribution in [3.8, 4) is 0 Å². The maximum Gasteiger partial charge on any atom is 0.253 e. The van der Waals surface area contributed by atoms with Crippen molar-refractivity contribution in [1.29, 1.82) is 0 Å². The van der Waals surface area contributed by atoms with Crippen molar-refractivity contribution in [3.63, 3.8) is 0 Å². The van der Waals surface area contributed by atoms with Crippen LogP contribution < -0.4 is 0 Å². The highest BCUT2D eigenvalue weighted by Gasteiger charge is 2.40. The molecule has 0 N–H and O–H groups in total. The fourth-order valence-corrected chi connectivity index (χ4v) is 4.77. The number of rotatable bonds is 7. The molecule has 0 bridgehead atoms. The molecule has 0 aromatic heterocycles. The van der Waals surface area contributed by atoms with E-state index in [4.69, 9.17) is 4.74 Å². The van der Waals surface area contributed by atoms with E-state index in [2.05, 4.69) is 48.5 Å². The van der Waals surface area contributed by atoms with Crippen molar-refractivity contribution >= 4 is 12.2 Å². The molecular weight excluding hydrogens is 398 g/mol. The van der Waals surface area contributed by atoms with Gasteiger partial charge in [0.05, 0.1) is 0 Å². The van der Waals surface area contributed by atoms with Crippen LogP contribution in [0.4, 0.5) is 0 Å². The molecule has 0 radical (unpaired) electrons. The molecule has 1 aliphatic carbocycles. The van der Waals surface area contributed by atoms with Gasteiger partial charge in [0, 0.05) is 37.7 Å². The Morgan fingerprint density at radius 1 is 0.938 bits per heavy atom. The maximum atomic E-state index is 13.0. The van der Waals surface area contributed by atoms with Gasteiger partial charge >= 0.3 is 0 Å². The Kier molecular flexibility index (Phi) is 6.52. The van der Waals surface area contributed by atoms with E-state index < -0.39 is 5.60 Å². The number of fused-ring (bicyclic) bond motifs is 2. The van der Waals surface area contributed by atoms with Gasteiger partial charge in [-0.1, -0.05) is 60.7 Å². The van der Waals surface area contributed by atoms with E-state index in [9.17, 15) is 9.59 Å². The van der Waals surface area contributed by atoms with Gasteiger partial charge in [0.2, 0.25) is 0 Å². The molecule has 4 rings (SSSR count). The molecule has 0 atom stereocenters. The van der Waals surface area contributed by atoms with Crippen LogP contribution in [0.1, 0.15) is 56.3 Å². The summed E-state index contributed by atoms with van der Waals surface area (Å²) in [7, 11) is 1.82. The van der Waals surface area contributed by atoms with Crippen LogP contribution >= 0.6 is 0 Å². The third-order valence-corrected chi connectivity index (χ3v) is 6.40. The quantitative estimate of drug-likeness (QED) is 0.496. The third kappa shape index (κ3) is 4.11. The van der Waals surface area contributed by atoms with Gasteiger partial charge in [-0.25, -0.2) is 0 Å². The van der Waals surface area contributed by atoms with Gasteiger partial charge in [-0.15, -0.1) is 0 Å². The van der Waals surface area contributed by atoms with Gasteiger partial charge in [0.1, 0.15) is 11.9 Å². The second-order valence-electron chi connectivity index (χ2n) is 8.29. The van der Waals surface area contributed by atoms with Crippen LogP contribution in [0.2, 0.25) is 0 Å². The molecule has 4 nitrogen and oxygen atoms in total. The normalized spacial score (nSPS) is 14.1. The van der Waals surface area contributed by atoms with Crippen molar-refractivity contribution in [2.24, 2.45) is 0 Å². The minimum absolute atomic E-state index is 0.0655. The first kappa shape index (κ1) is 22.0. The Labute approximate surface area is 189 Å². The van der Waals surface area contributed by atoms with E-state index in [1.165, 1.54) is 22.3 Å². The van der Waals surface area contributed by atoms with E-state index >= 15 is 0 Å². The summed E-state index contributed by atoms with van der Waals surface area (Å²) in [6.45, 7) is 3.14. The number of carbonyl (C=O) groups excluding carboxylic acids is 2. The van der Waals surface area contributed by atoms with Crippen LogP contribution in [0, 0.1) is 0 Å². The average Bonchev–Trinajstić information content (AvgIpc) is 2.98. The zero-order valence-electron chi connectivity index (χ0n) is 18.7. The number of amides is 1. The number of aryl methyl sites for hydroxylation is 2. The predicted octanol–water partition coefficient (Wildman–Crippen LogP) is 5.04. The van der Waals surface area contributed by atoms with Crippen molar-refractivity contribution in [1.82, 2.24) is 4.90 Å². The number of nitrogens with zero attached hydrogens (tertiary/aromatic N) is 1. The van der Waals surface area contributed by atoms with Crippen LogP contribution in [0.25, 0.3) is 0 Å². The van der Waals surface area contributed by atoms with E-state index in [1.54, 1.807) is 29.2 Å². The summed E-state index contributed by atoms with van der Waals surface area (Å²) in [6, 6.07) is 23.8. The standard InChI is InChI=1S/C28H29NO3/c1-3-32-28(18-19-29(2)27(31)24-14-12-21(20-30)13-15-24)25-10-6-4-8-22(25)16-17-23-9-5-7-11-26(23)28/h4-15,20H,3,16-19H2,1-2H3. The molecule has 0 spiro atoms. The monoisotopic (exact) mass is 427 g/mol. The summed E-state index contributed by atoms with van der Waals surface area (Å²) in [6.07, 6.45) is 3.38. The number of hydrogen-bond donors (Lipinski definition) is 0. The molecule has 0 fully saturated rings. The first-order chi connectivity index (χ1) is 15.6. The maximum absolute atomic E-state index is 13.0. The lowest BCUT2D eigenvalue weighted by molar-refractivity contribution is -0.0221. The number of hydrogen-bond acceptors (Lipinski definition) is 3. The molecule has 164 valence electrons. The second kappa shape index (κ2) is 9.49. The Morgan fingerprint density at radius 3 is 2.03 bits per heavy atom. The SMILES string of the molecule is CCOC1(CCN(C)C(=O)c2ccc(C=O)cc2)c2ccccc2CCc2ccccc21. The van der Waals surface area contributed by atoms with Crippen LogP contribution in [-0.4, -0.2) is 37.3 Å². The Bertz CT molecular complexity index is 1060. The molecule has 3 aromatic rings. The lowest BCUT2D eigenvalue weighted by atomic mass is 9.80. The highest BCUT2D eigenvalue weighted by atomic mass is 16.5. The summed E-state index contributed by atoms with van der Waals surface area (Å²) in [5, 5.41) is 0. The third-order valence-electron chi connectivity index (χ3n) is 6.40. The highest BCUT2D eigenvalue weighted by Crippen LogP contribution is 2.43. The van der Waals surface area contributed by atoms with Gasteiger partial charge in [-0.05, 0) is 54.2 Å². The van der Waals surface area contributed by atoms with Gasteiger partial charge in [-0.2, -0.15) is 0 Å². The van der Waals surface area contributed by atoms with Gasteiger partial charge in [0.25, 0.3) is 5.91 Å². The smallest absolute Gasteiger partial charge is 0.253 e. The van der Waals surface area contributed by atoms with Gasteiger partial charge in [-0.3, -0.25) is 9.59 Å². The van der Waals surface area contributed by atoms with Gasteiger partial charge in [0.15, 0.2) is 0 Å². The molecule has 3 aromatic carbocycles. The summed E-state index contributed by atoms with van der Waals surface area (Å²) in [5.74, 6) is -0.0655. The second-order valence-corrected chi connectivity index (χ2v) is 8.29. The average molecular weight is 428 g/mol. The Balaban J connectivity index is 1.68. The molecule has 0 unspecified atom stereocenters. The lowest BCUT2D eigenvalue weighted by Crippen LogP contribution is -2.38. The zero-order valence-corrected chi connectivity index (χ0v) is 18.7. The molecule has 1 amide bonds. The van der Waals surface area contributed by atoms with E-state index in [1.807, 2.05) is 14.0 Å². The van der Waals surface area contributed by atoms with Crippen LogP contribution in [-0.2, 0) is 23.2 Å². The molecule has 0 saturated carbocycles. The lowest BCUT2D eigenvalue weighted by Gasteiger charge is -2.37. The van der Waals surface area contributed by atoms with Crippen molar-refractivity contribution in [2.75, 3.05) is 20.2 Å². The minimum atomic E-state index is -0.603. The number of aldehydes is 1. The number of benzene rings is 3. The zero-order chi connectivity index (χ0) is 22.6. The molecular formula is C28H29NO3. The van der Waals surface area contributed by atoms with E-state index in [-0.39, 0.29) is 5.91 Å². The summed E-state index contributed by atoms with van der Waals surface area (Å²) >= 11 is 0. The number of ether oxygens (including phenoxy) is 1. The molecule has 32 heavy (non-hydrogen) atoms. The Morgan fingerprint density at radius 2 is 1.50 bits per heavy atom. The molecule has 0 heterocycles. The highest BCUT2D eigenvalue weighted by molar-refractivity contribution is 5.94. The summed E-state index contributed by atoms with van der Waals surface area (Å²) < 4.78 is 6.59. The van der Waals surface area contributed by atoms with Crippen LogP contribution in [0.5, 0.6) is 0 Å². The fourth-order valence-electron chi connectivity index (χ4n) is 4.77. The van der Waals surface area contributed by atoms with Crippen molar-refractivity contribution in [3.05, 3.63) is 106 Å².